The number of aromatic hydroxyl groups is 4. The second kappa shape index (κ2) is 11.4. The molecule has 0 saturated heterocycles. The van der Waals surface area contributed by atoms with Gasteiger partial charge in [0, 0.05) is 11.8 Å². The van der Waals surface area contributed by atoms with Crippen molar-refractivity contribution >= 4 is 11.9 Å². The zero-order valence-corrected chi connectivity index (χ0v) is 29.4. The molecule has 2 aromatic carbocycles. The number of benzene rings is 2. The van der Waals surface area contributed by atoms with Gasteiger partial charge in [-0.25, -0.2) is 0 Å². The number of rotatable bonds is 4. The van der Waals surface area contributed by atoms with E-state index in [0.717, 1.165) is 62.5 Å². The molecule has 9 heteroatoms. The van der Waals surface area contributed by atoms with Crippen LogP contribution in [0.25, 0.3) is 0 Å². The smallest absolute Gasteiger partial charge is 0.323 e. The second-order valence-corrected chi connectivity index (χ2v) is 16.8. The normalized spacial score (nSPS) is 34.8. The fraction of sp³-hybridized carbons (Fsp3) is 0.590. The lowest BCUT2D eigenvalue weighted by Gasteiger charge is -2.69. The van der Waals surface area contributed by atoms with E-state index in [1.54, 1.807) is 0 Å². The van der Waals surface area contributed by atoms with Crippen molar-refractivity contribution in [2.75, 3.05) is 0 Å². The van der Waals surface area contributed by atoms with Gasteiger partial charge < -0.3 is 36.4 Å². The van der Waals surface area contributed by atoms with Crippen molar-refractivity contribution in [3.63, 3.8) is 0 Å². The number of carboxylic acids is 2. The summed E-state index contributed by atoms with van der Waals surface area (Å²) in [5.41, 5.74) is 8.71. The molecule has 4 aliphatic carbocycles. The molecule has 4 aliphatic rings. The van der Waals surface area contributed by atoms with Crippen molar-refractivity contribution in [2.45, 2.75) is 117 Å². The summed E-state index contributed by atoms with van der Waals surface area (Å²) in [6.07, 6.45) is 10.1. The van der Waals surface area contributed by atoms with Crippen LogP contribution in [0.5, 0.6) is 23.0 Å². The predicted octanol–water partition coefficient (Wildman–Crippen LogP) is 7.09. The molecule has 6 rings (SSSR count). The molecule has 48 heavy (non-hydrogen) atoms. The minimum atomic E-state index is -1.39. The number of nitrogens with two attached hydrogens (primary N) is 1. The lowest BCUT2D eigenvalue weighted by molar-refractivity contribution is -0.177. The molecule has 0 heterocycles. The fourth-order valence-corrected chi connectivity index (χ4v) is 10.1. The van der Waals surface area contributed by atoms with E-state index in [-0.39, 0.29) is 51.1 Å². The molecule has 7 unspecified atom stereocenters. The maximum Gasteiger partial charge on any atom is 0.323 e. The van der Waals surface area contributed by atoms with Gasteiger partial charge >= 0.3 is 11.9 Å². The fourth-order valence-electron chi connectivity index (χ4n) is 10.1. The Morgan fingerprint density at radius 3 is 2.12 bits per heavy atom. The standard InChI is InChI=1S/C29H40O4.C10H13NO4/c1-17-18-7-8-21-27(4,19(18)15-20(30)23(17)31)12-14-29(6)22-16-26(3,24(32)33)10-9-25(22,2)11-13-28(21,29)5;1-10(11,9(14)15)5-6-2-3-7(12)8(13)4-6/h8,15,22,30-31H,7,9-14,16H2,1-6H3,(H,32,33);2-4,12-13H,5,11H2,1H3,(H,14,15). The number of aliphatic carboxylic acids is 2. The molecule has 262 valence electrons. The minimum absolute atomic E-state index is 0.00431. The molecule has 8 N–H and O–H groups in total. The van der Waals surface area contributed by atoms with Gasteiger partial charge in [0.25, 0.3) is 0 Å². The van der Waals surface area contributed by atoms with Gasteiger partial charge in [-0.05, 0) is 135 Å². The highest BCUT2D eigenvalue weighted by Crippen LogP contribution is 2.74. The van der Waals surface area contributed by atoms with Crippen molar-refractivity contribution in [2.24, 2.45) is 33.3 Å². The average molecular weight is 664 g/mol. The van der Waals surface area contributed by atoms with Crippen LogP contribution in [0.15, 0.2) is 35.9 Å². The molecular formula is C39H53NO8. The molecule has 7 atom stereocenters. The third kappa shape index (κ3) is 5.33. The largest absolute Gasteiger partial charge is 0.504 e. The number of hydrogen-bond acceptors (Lipinski definition) is 7. The summed E-state index contributed by atoms with van der Waals surface area (Å²) < 4.78 is 0. The zero-order valence-electron chi connectivity index (χ0n) is 29.4. The number of hydrogen-bond donors (Lipinski definition) is 7. The molecule has 0 aromatic heterocycles. The van der Waals surface area contributed by atoms with Crippen LogP contribution in [-0.2, 0) is 27.8 Å². The first-order valence-electron chi connectivity index (χ1n) is 17.1. The molecule has 3 fully saturated rings. The van der Waals surface area contributed by atoms with Gasteiger partial charge in [-0.3, -0.25) is 9.59 Å². The molecule has 9 nitrogen and oxygen atoms in total. The first-order chi connectivity index (χ1) is 22.0. The minimum Gasteiger partial charge on any atom is -0.504 e. The topological polar surface area (TPSA) is 182 Å². The van der Waals surface area contributed by atoms with E-state index in [9.17, 15) is 30.0 Å². The summed E-state index contributed by atoms with van der Waals surface area (Å²) in [6, 6.07) is 5.92. The highest BCUT2D eigenvalue weighted by Gasteiger charge is 2.67. The summed E-state index contributed by atoms with van der Waals surface area (Å²) >= 11 is 0. The third-order valence-corrected chi connectivity index (χ3v) is 13.7. The summed E-state index contributed by atoms with van der Waals surface area (Å²) in [5, 5.41) is 57.9. The average Bonchev–Trinajstić information content (AvgIpc) is 3.00. The Balaban J connectivity index is 0.000000253. The maximum atomic E-state index is 12.3. The van der Waals surface area contributed by atoms with Crippen LogP contribution in [0.4, 0.5) is 0 Å². The third-order valence-electron chi connectivity index (χ3n) is 13.7. The highest BCUT2D eigenvalue weighted by atomic mass is 16.4. The van der Waals surface area contributed by atoms with E-state index in [1.807, 2.05) is 19.9 Å². The van der Waals surface area contributed by atoms with Gasteiger partial charge in [-0.1, -0.05) is 45.4 Å². The van der Waals surface area contributed by atoms with Gasteiger partial charge in [0.1, 0.15) is 5.54 Å². The SMILES string of the molecule is CC(N)(Cc1ccc(O)c(O)c1)C(=O)O.Cc1c(O)c(O)cc2c1CC=C1C2(C)CCC2(C)C3CC(C)(C(=O)O)CCC3(C)CCC12C. The van der Waals surface area contributed by atoms with Gasteiger partial charge in [0.2, 0.25) is 0 Å². The molecule has 0 spiro atoms. The van der Waals surface area contributed by atoms with Crippen LogP contribution in [0.3, 0.4) is 0 Å². The zero-order chi connectivity index (χ0) is 35.8. The summed E-state index contributed by atoms with van der Waals surface area (Å²) in [4.78, 5) is 23.0. The first kappa shape index (κ1) is 35.6. The van der Waals surface area contributed by atoms with Gasteiger partial charge in [0.05, 0.1) is 5.41 Å². The molecule has 0 amide bonds. The van der Waals surface area contributed by atoms with E-state index in [1.165, 1.54) is 36.3 Å². The van der Waals surface area contributed by atoms with Crippen LogP contribution in [0, 0.1) is 34.5 Å². The van der Waals surface area contributed by atoms with Crippen LogP contribution < -0.4 is 5.73 Å². The maximum absolute atomic E-state index is 12.3. The monoisotopic (exact) mass is 663 g/mol. The van der Waals surface area contributed by atoms with Crippen molar-refractivity contribution in [3.8, 4) is 23.0 Å². The first-order valence-corrected chi connectivity index (χ1v) is 17.1. The Bertz CT molecular complexity index is 1700. The number of phenols is 4. The van der Waals surface area contributed by atoms with Crippen molar-refractivity contribution in [1.82, 2.24) is 0 Å². The van der Waals surface area contributed by atoms with Crippen LogP contribution >= 0.6 is 0 Å². The van der Waals surface area contributed by atoms with Gasteiger partial charge in [-0.15, -0.1) is 0 Å². The number of phenolic OH excluding ortho intramolecular Hbond substituents is 4. The molecule has 0 aliphatic heterocycles. The number of fused-ring (bicyclic) bond motifs is 7. The number of carboxylic acid groups (broad SMARTS) is 2. The van der Waals surface area contributed by atoms with E-state index in [4.69, 9.17) is 15.9 Å². The Kier molecular flexibility index (Phi) is 8.47. The Labute approximate surface area is 283 Å². The Morgan fingerprint density at radius 1 is 0.875 bits per heavy atom. The molecule has 0 bridgehead atoms. The van der Waals surface area contributed by atoms with Crippen molar-refractivity contribution in [1.29, 1.82) is 0 Å². The van der Waals surface area contributed by atoms with E-state index in [0.29, 0.717) is 11.5 Å². The van der Waals surface area contributed by atoms with Crippen LogP contribution in [-0.4, -0.2) is 48.1 Å². The molecule has 3 saturated carbocycles. The van der Waals surface area contributed by atoms with Crippen molar-refractivity contribution < 1.29 is 40.2 Å². The lowest BCUT2D eigenvalue weighted by Crippen LogP contribution is -2.62. The number of carbonyl (C=O) groups is 2. The molecular weight excluding hydrogens is 610 g/mol. The van der Waals surface area contributed by atoms with Gasteiger partial charge in [-0.2, -0.15) is 0 Å². The highest BCUT2D eigenvalue weighted by molar-refractivity contribution is 5.78. The summed E-state index contributed by atoms with van der Waals surface area (Å²) in [7, 11) is 0. The quantitative estimate of drug-likeness (QED) is 0.133. The Hall–Kier alpha value is -3.72. The molecule has 0 radical (unpaired) electrons. The van der Waals surface area contributed by atoms with E-state index < -0.39 is 22.9 Å². The lowest BCUT2D eigenvalue weighted by atomic mass is 9.34. The van der Waals surface area contributed by atoms with Crippen LogP contribution in [0.1, 0.15) is 109 Å². The van der Waals surface area contributed by atoms with E-state index in [2.05, 4.69) is 33.8 Å². The molecule has 2 aromatic rings. The van der Waals surface area contributed by atoms with Crippen LogP contribution in [0.2, 0.25) is 0 Å². The van der Waals surface area contributed by atoms with E-state index >= 15 is 0 Å². The summed E-state index contributed by atoms with van der Waals surface area (Å²) in [5.74, 6) is -1.92. The Morgan fingerprint density at radius 2 is 1.52 bits per heavy atom. The summed E-state index contributed by atoms with van der Waals surface area (Å²) in [6.45, 7) is 14.9. The van der Waals surface area contributed by atoms with Gasteiger partial charge in [0.15, 0.2) is 23.0 Å². The predicted molar refractivity (Wildman–Crippen MR) is 183 cm³/mol. The number of allylic oxidation sites excluding steroid dienone is 2. The van der Waals surface area contributed by atoms with Crippen molar-refractivity contribution in [3.05, 3.63) is 58.2 Å². The second-order valence-electron chi connectivity index (χ2n) is 16.8.